The maximum Gasteiger partial charge on any atom is 0.246 e. The zero-order valence-corrected chi connectivity index (χ0v) is 25.4. The number of amides is 3. The van der Waals surface area contributed by atoms with Gasteiger partial charge in [0, 0.05) is 37.9 Å². The molecule has 9 heteroatoms. The number of rotatable bonds is 8. The Bertz CT molecular complexity index is 1210. The Morgan fingerprint density at radius 1 is 1.05 bits per heavy atom. The molecule has 1 aromatic rings. The lowest BCUT2D eigenvalue weighted by atomic mass is 9.73. The molecule has 42 heavy (non-hydrogen) atoms. The highest BCUT2D eigenvalue weighted by Crippen LogP contribution is 2.55. The van der Waals surface area contributed by atoms with Gasteiger partial charge >= 0.3 is 0 Å². The molecule has 1 saturated carbocycles. The number of hydrogen-bond acceptors (Lipinski definition) is 6. The molecular formula is C33H46N4O5. The lowest BCUT2D eigenvalue weighted by molar-refractivity contribution is -0.142. The Balaban J connectivity index is 1.25. The van der Waals surface area contributed by atoms with Crippen molar-refractivity contribution in [1.29, 1.82) is 0 Å². The third-order valence-electron chi connectivity index (χ3n) is 10.6. The van der Waals surface area contributed by atoms with Crippen LogP contribution < -0.4 is 10.6 Å². The number of likely N-dealkylation sites (tertiary alicyclic amines) is 1. The first kappa shape index (κ1) is 29.3. The predicted octanol–water partition coefficient (Wildman–Crippen LogP) is 3.17. The average Bonchev–Trinajstić information content (AvgIpc) is 3.62. The van der Waals surface area contributed by atoms with Crippen LogP contribution in [0.15, 0.2) is 36.4 Å². The number of ether oxygens (including phenoxy) is 2. The van der Waals surface area contributed by atoms with Crippen molar-refractivity contribution in [2.75, 3.05) is 44.7 Å². The summed E-state index contributed by atoms with van der Waals surface area (Å²) in [5.41, 5.74) is 0.731. The van der Waals surface area contributed by atoms with Crippen LogP contribution >= 0.6 is 0 Å². The fourth-order valence-corrected chi connectivity index (χ4v) is 7.81. The molecule has 0 unspecified atom stereocenters. The molecule has 3 amide bonds. The Kier molecular flexibility index (Phi) is 8.19. The molecule has 8 atom stereocenters. The van der Waals surface area contributed by atoms with Crippen LogP contribution in [-0.4, -0.2) is 90.7 Å². The van der Waals surface area contributed by atoms with E-state index in [4.69, 9.17) is 9.47 Å². The minimum absolute atomic E-state index is 0.0587. The van der Waals surface area contributed by atoms with Gasteiger partial charge in [0.2, 0.25) is 17.7 Å². The fourth-order valence-electron chi connectivity index (χ4n) is 7.81. The van der Waals surface area contributed by atoms with Gasteiger partial charge in [-0.15, -0.1) is 0 Å². The molecule has 6 rings (SSSR count). The van der Waals surface area contributed by atoms with E-state index in [0.717, 1.165) is 32.4 Å². The molecule has 3 saturated heterocycles. The lowest BCUT2D eigenvalue weighted by Crippen LogP contribution is -2.58. The minimum atomic E-state index is -1.15. The van der Waals surface area contributed by atoms with Gasteiger partial charge in [-0.05, 0) is 41.9 Å². The van der Waals surface area contributed by atoms with Crippen LogP contribution in [0.25, 0.3) is 0 Å². The highest BCUT2D eigenvalue weighted by atomic mass is 16.5. The average molecular weight is 579 g/mol. The van der Waals surface area contributed by atoms with Crippen molar-refractivity contribution in [2.24, 2.45) is 23.7 Å². The third-order valence-corrected chi connectivity index (χ3v) is 10.6. The monoisotopic (exact) mass is 578 g/mol. The van der Waals surface area contributed by atoms with Gasteiger partial charge in [0.1, 0.15) is 11.6 Å². The van der Waals surface area contributed by atoms with Crippen molar-refractivity contribution in [1.82, 2.24) is 15.1 Å². The second kappa shape index (κ2) is 11.7. The van der Waals surface area contributed by atoms with Crippen LogP contribution in [0.5, 0.6) is 0 Å². The second-order valence-electron chi connectivity index (χ2n) is 13.3. The number of benzene rings is 1. The van der Waals surface area contributed by atoms with Gasteiger partial charge in [-0.1, -0.05) is 64.8 Å². The van der Waals surface area contributed by atoms with Crippen LogP contribution in [-0.2, 0) is 23.9 Å². The summed E-state index contributed by atoms with van der Waals surface area (Å²) in [6.07, 6.45) is 6.41. The largest absolute Gasteiger partial charge is 0.379 e. The number of carbonyl (C=O) groups excluding carboxylic acids is 3. The predicted molar refractivity (Wildman–Crippen MR) is 160 cm³/mol. The van der Waals surface area contributed by atoms with E-state index in [1.807, 2.05) is 36.4 Å². The molecule has 0 aromatic heterocycles. The van der Waals surface area contributed by atoms with Crippen molar-refractivity contribution >= 4 is 23.4 Å². The van der Waals surface area contributed by atoms with E-state index < -0.39 is 29.6 Å². The van der Waals surface area contributed by atoms with Crippen molar-refractivity contribution in [2.45, 2.75) is 76.7 Å². The summed E-state index contributed by atoms with van der Waals surface area (Å²) in [4.78, 5) is 46.2. The van der Waals surface area contributed by atoms with Gasteiger partial charge in [0.25, 0.3) is 0 Å². The Hall–Kier alpha value is -2.75. The highest BCUT2D eigenvalue weighted by Gasteiger charge is 2.72. The third kappa shape index (κ3) is 5.18. The van der Waals surface area contributed by atoms with Crippen molar-refractivity contribution < 1.29 is 23.9 Å². The summed E-state index contributed by atoms with van der Waals surface area (Å²) in [6, 6.07) is 7.08. The maximum absolute atomic E-state index is 14.3. The van der Waals surface area contributed by atoms with E-state index in [1.165, 1.54) is 5.56 Å². The molecule has 9 nitrogen and oxygen atoms in total. The maximum atomic E-state index is 14.3. The summed E-state index contributed by atoms with van der Waals surface area (Å²) >= 11 is 0. The molecule has 4 fully saturated rings. The van der Waals surface area contributed by atoms with E-state index in [9.17, 15) is 14.4 Å². The topological polar surface area (TPSA) is 100 Å². The van der Waals surface area contributed by atoms with Gasteiger partial charge in [-0.25, -0.2) is 0 Å². The van der Waals surface area contributed by atoms with Crippen LogP contribution in [0.2, 0.25) is 0 Å². The van der Waals surface area contributed by atoms with Gasteiger partial charge in [0.05, 0.1) is 31.2 Å². The van der Waals surface area contributed by atoms with Crippen LogP contribution in [0, 0.1) is 23.7 Å². The lowest BCUT2D eigenvalue weighted by Gasteiger charge is -2.38. The number of anilines is 1. The number of hydrogen-bond donors (Lipinski definition) is 2. The smallest absolute Gasteiger partial charge is 0.246 e. The number of carbonyl (C=O) groups is 3. The molecular weight excluding hydrogens is 532 g/mol. The number of nitrogens with one attached hydrogen (secondary N) is 2. The van der Waals surface area contributed by atoms with Gasteiger partial charge in [0.15, 0.2) is 0 Å². The van der Waals surface area contributed by atoms with Crippen molar-refractivity contribution in [3.05, 3.63) is 42.0 Å². The van der Waals surface area contributed by atoms with Crippen molar-refractivity contribution in [3.8, 4) is 0 Å². The van der Waals surface area contributed by atoms with E-state index in [1.54, 1.807) is 4.90 Å². The normalized spacial score (nSPS) is 36.0. The molecule has 228 valence electrons. The molecule has 1 aromatic carbocycles. The molecule has 1 aliphatic carbocycles. The quantitative estimate of drug-likeness (QED) is 0.460. The first-order chi connectivity index (χ1) is 20.2. The van der Waals surface area contributed by atoms with E-state index in [2.05, 4.69) is 43.2 Å². The minimum Gasteiger partial charge on any atom is -0.379 e. The molecule has 4 heterocycles. The molecule has 0 radical (unpaired) electrons. The van der Waals surface area contributed by atoms with Crippen LogP contribution in [0.3, 0.4) is 0 Å². The second-order valence-corrected chi connectivity index (χ2v) is 13.3. The molecule has 2 bridgehead atoms. The van der Waals surface area contributed by atoms with Gasteiger partial charge in [-0.2, -0.15) is 0 Å². The summed E-state index contributed by atoms with van der Waals surface area (Å²) in [5.74, 6) is -0.766. The van der Waals surface area contributed by atoms with E-state index in [-0.39, 0.29) is 23.8 Å². The van der Waals surface area contributed by atoms with Crippen LogP contribution in [0.1, 0.15) is 58.4 Å². The van der Waals surface area contributed by atoms with E-state index in [0.29, 0.717) is 49.7 Å². The zero-order valence-electron chi connectivity index (χ0n) is 25.4. The molecule has 2 N–H and O–H groups in total. The van der Waals surface area contributed by atoms with Crippen molar-refractivity contribution in [3.63, 3.8) is 0 Å². The fraction of sp³-hybridized carbons (Fsp3) is 0.667. The SMILES string of the molecule is CC(C)c1ccc(NC(=O)[C@H]2[C@H]3C=C[C@@]4(O3)[C@H]2C(=O)N(CCN2CCOCC2)[C@@H]4C(=O)N[C@@H]2CCC[C@H](C)[C@H]2C)cc1. The first-order valence-electron chi connectivity index (χ1n) is 15.9. The Morgan fingerprint density at radius 2 is 1.79 bits per heavy atom. The number of morpholine rings is 1. The number of nitrogens with zero attached hydrogens (tertiary/aromatic N) is 2. The molecule has 5 aliphatic rings. The highest BCUT2D eigenvalue weighted by molar-refractivity contribution is 6.02. The summed E-state index contributed by atoms with van der Waals surface area (Å²) < 4.78 is 12.0. The summed E-state index contributed by atoms with van der Waals surface area (Å²) in [6.45, 7) is 12.7. The Labute approximate surface area is 249 Å². The summed E-state index contributed by atoms with van der Waals surface area (Å²) in [5, 5.41) is 6.37. The molecule has 4 aliphatic heterocycles. The first-order valence-corrected chi connectivity index (χ1v) is 15.9. The molecule has 1 spiro atoms. The zero-order chi connectivity index (χ0) is 29.6. The van der Waals surface area contributed by atoms with Crippen LogP contribution in [0.4, 0.5) is 5.69 Å². The Morgan fingerprint density at radius 3 is 2.50 bits per heavy atom. The van der Waals surface area contributed by atoms with Gasteiger partial charge < -0.3 is 25.0 Å². The van der Waals surface area contributed by atoms with Gasteiger partial charge in [-0.3, -0.25) is 19.3 Å². The standard InChI is InChI=1S/C33H46N4O5/c1-20(2)23-8-10-24(11-9-23)34-30(38)27-26-12-13-33(42-26)28(27)32(40)37(15-14-36-16-18-41-19-17-36)29(33)31(39)35-25-7-5-6-21(3)22(25)4/h8-13,20-22,25-29H,5-7,14-19H2,1-4H3,(H,34,38)(H,35,39)/t21-,22+,25+,26+,27-,28+,29+,33+/m0/s1. The van der Waals surface area contributed by atoms with E-state index >= 15 is 0 Å². The summed E-state index contributed by atoms with van der Waals surface area (Å²) in [7, 11) is 0. The number of fused-ring (bicyclic) bond motifs is 1.